The maximum absolute atomic E-state index is 11.7. The second-order valence-electron chi connectivity index (χ2n) is 4.01. The van der Waals surface area contributed by atoms with E-state index in [4.69, 9.17) is 5.11 Å². The summed E-state index contributed by atoms with van der Waals surface area (Å²) < 4.78 is 23.4. The van der Waals surface area contributed by atoms with Gasteiger partial charge in [-0.3, -0.25) is 4.79 Å². The largest absolute Gasteiger partial charge is 0.481 e. The maximum atomic E-state index is 11.7. The first kappa shape index (κ1) is 12.4. The van der Waals surface area contributed by atoms with Crippen LogP contribution in [0, 0.1) is 0 Å². The number of aliphatic carboxylic acids is 1. The van der Waals surface area contributed by atoms with Crippen molar-refractivity contribution in [2.75, 3.05) is 25.9 Å². The van der Waals surface area contributed by atoms with Gasteiger partial charge in [-0.25, -0.2) is 8.42 Å². The molecule has 88 valence electrons. The molecule has 0 saturated carbocycles. The van der Waals surface area contributed by atoms with Gasteiger partial charge in [-0.2, -0.15) is 0 Å². The molecule has 1 N–H and O–H groups in total. The lowest BCUT2D eigenvalue weighted by atomic mass is 10.1. The molecule has 0 bridgehead atoms. The lowest BCUT2D eigenvalue weighted by Crippen LogP contribution is -2.38. The summed E-state index contributed by atoms with van der Waals surface area (Å²) in [6, 6.07) is 0. The summed E-state index contributed by atoms with van der Waals surface area (Å²) in [4.78, 5) is 12.4. The van der Waals surface area contributed by atoms with Crippen molar-refractivity contribution in [3.05, 3.63) is 0 Å². The van der Waals surface area contributed by atoms with Gasteiger partial charge in [0.15, 0.2) is 9.84 Å². The van der Waals surface area contributed by atoms with E-state index in [-0.39, 0.29) is 17.4 Å². The van der Waals surface area contributed by atoms with Gasteiger partial charge in [0.25, 0.3) is 0 Å². The number of sulfone groups is 1. The van der Waals surface area contributed by atoms with Crippen LogP contribution in [0.4, 0.5) is 0 Å². The average molecular weight is 235 g/mol. The SMILES string of the molecule is CN1CCC(S(=O)(=O)CCC(=O)O)CC1. The van der Waals surface area contributed by atoms with Crippen LogP contribution >= 0.6 is 0 Å². The third-order valence-electron chi connectivity index (χ3n) is 2.77. The Hall–Kier alpha value is -0.620. The van der Waals surface area contributed by atoms with E-state index >= 15 is 0 Å². The summed E-state index contributed by atoms with van der Waals surface area (Å²) in [5, 5.41) is 8.10. The van der Waals surface area contributed by atoms with Gasteiger partial charge in [0.1, 0.15) is 0 Å². The first-order valence-corrected chi connectivity index (χ1v) is 6.75. The van der Waals surface area contributed by atoms with Crippen LogP contribution in [0.2, 0.25) is 0 Å². The van der Waals surface area contributed by atoms with Crippen molar-refractivity contribution in [1.82, 2.24) is 4.90 Å². The number of piperidine rings is 1. The molecule has 0 aliphatic carbocycles. The van der Waals surface area contributed by atoms with E-state index in [1.54, 1.807) is 0 Å². The Morgan fingerprint density at radius 2 is 1.93 bits per heavy atom. The Labute approximate surface area is 90.0 Å². The number of rotatable bonds is 4. The van der Waals surface area contributed by atoms with Crippen LogP contribution in [0.25, 0.3) is 0 Å². The molecule has 0 aromatic heterocycles. The van der Waals surface area contributed by atoms with Crippen LogP contribution in [-0.4, -0.2) is 55.5 Å². The highest BCUT2D eigenvalue weighted by atomic mass is 32.2. The van der Waals surface area contributed by atoms with Gasteiger partial charge in [-0.1, -0.05) is 0 Å². The molecule has 1 aliphatic rings. The minimum atomic E-state index is -3.21. The quantitative estimate of drug-likeness (QED) is 0.740. The molecule has 0 aromatic rings. The zero-order valence-electron chi connectivity index (χ0n) is 8.85. The molecule has 0 amide bonds. The molecular weight excluding hydrogens is 218 g/mol. The molecule has 0 spiro atoms. The lowest BCUT2D eigenvalue weighted by Gasteiger charge is -2.28. The number of carbonyl (C=O) groups is 1. The molecule has 1 aliphatic heterocycles. The first-order chi connectivity index (χ1) is 6.92. The first-order valence-electron chi connectivity index (χ1n) is 5.04. The minimum Gasteiger partial charge on any atom is -0.481 e. The van der Waals surface area contributed by atoms with Crippen molar-refractivity contribution in [2.24, 2.45) is 0 Å². The summed E-state index contributed by atoms with van der Waals surface area (Å²) in [6.45, 7) is 1.55. The molecule has 15 heavy (non-hydrogen) atoms. The van der Waals surface area contributed by atoms with Crippen molar-refractivity contribution >= 4 is 15.8 Å². The molecular formula is C9H17NO4S. The van der Waals surface area contributed by atoms with Crippen LogP contribution in [0.15, 0.2) is 0 Å². The number of hydrogen-bond donors (Lipinski definition) is 1. The van der Waals surface area contributed by atoms with Gasteiger partial charge in [0.05, 0.1) is 17.4 Å². The van der Waals surface area contributed by atoms with E-state index in [0.717, 1.165) is 13.1 Å². The van der Waals surface area contributed by atoms with Crippen molar-refractivity contribution in [2.45, 2.75) is 24.5 Å². The van der Waals surface area contributed by atoms with E-state index in [9.17, 15) is 13.2 Å². The van der Waals surface area contributed by atoms with Gasteiger partial charge in [-0.15, -0.1) is 0 Å². The number of carboxylic acids is 1. The number of nitrogens with zero attached hydrogens (tertiary/aromatic N) is 1. The highest BCUT2D eigenvalue weighted by Crippen LogP contribution is 2.18. The molecule has 1 heterocycles. The number of likely N-dealkylation sites (tertiary alicyclic amines) is 1. The van der Waals surface area contributed by atoms with Crippen LogP contribution in [0.3, 0.4) is 0 Å². The Bertz CT molecular complexity index is 317. The minimum absolute atomic E-state index is 0.225. The molecule has 1 saturated heterocycles. The topological polar surface area (TPSA) is 74.7 Å². The van der Waals surface area contributed by atoms with Crippen LogP contribution in [-0.2, 0) is 14.6 Å². The Kier molecular flexibility index (Phi) is 4.10. The predicted octanol–water partition coefficient (Wildman–Crippen LogP) is -0.0299. The fraction of sp³-hybridized carbons (Fsp3) is 0.889. The molecule has 5 nitrogen and oxygen atoms in total. The number of hydrogen-bond acceptors (Lipinski definition) is 4. The van der Waals surface area contributed by atoms with Crippen LogP contribution in [0.5, 0.6) is 0 Å². The van der Waals surface area contributed by atoms with Crippen molar-refractivity contribution in [3.8, 4) is 0 Å². The van der Waals surface area contributed by atoms with E-state index in [0.29, 0.717) is 12.8 Å². The van der Waals surface area contributed by atoms with E-state index in [2.05, 4.69) is 4.90 Å². The highest BCUT2D eigenvalue weighted by Gasteiger charge is 2.28. The molecule has 6 heteroatoms. The van der Waals surface area contributed by atoms with Gasteiger partial charge < -0.3 is 10.0 Å². The van der Waals surface area contributed by atoms with E-state index in [1.165, 1.54) is 0 Å². The summed E-state index contributed by atoms with van der Waals surface area (Å²) in [7, 11) is -1.25. The second kappa shape index (κ2) is 4.94. The zero-order valence-corrected chi connectivity index (χ0v) is 9.66. The van der Waals surface area contributed by atoms with E-state index < -0.39 is 15.8 Å². The molecule has 0 aromatic carbocycles. The smallest absolute Gasteiger partial charge is 0.304 e. The lowest BCUT2D eigenvalue weighted by molar-refractivity contribution is -0.136. The summed E-state index contributed by atoms with van der Waals surface area (Å²) in [6.07, 6.45) is 0.964. The third kappa shape index (κ3) is 3.79. The summed E-state index contributed by atoms with van der Waals surface area (Å²) in [5.41, 5.74) is 0. The summed E-state index contributed by atoms with van der Waals surface area (Å²) in [5.74, 6) is -1.28. The Balaban J connectivity index is 2.50. The molecule has 0 radical (unpaired) electrons. The average Bonchev–Trinajstić information content (AvgIpc) is 2.16. The number of carboxylic acid groups (broad SMARTS) is 1. The van der Waals surface area contributed by atoms with Gasteiger partial charge >= 0.3 is 5.97 Å². The fourth-order valence-corrected chi connectivity index (χ4v) is 3.46. The van der Waals surface area contributed by atoms with Crippen LogP contribution < -0.4 is 0 Å². The fourth-order valence-electron chi connectivity index (χ4n) is 1.74. The predicted molar refractivity (Wildman–Crippen MR) is 56.6 cm³/mol. The summed E-state index contributed by atoms with van der Waals surface area (Å²) >= 11 is 0. The molecule has 1 fully saturated rings. The van der Waals surface area contributed by atoms with E-state index in [1.807, 2.05) is 7.05 Å². The zero-order chi connectivity index (χ0) is 11.5. The maximum Gasteiger partial charge on any atom is 0.304 e. The molecule has 0 unspecified atom stereocenters. The van der Waals surface area contributed by atoms with Crippen molar-refractivity contribution in [1.29, 1.82) is 0 Å². The normalized spacial score (nSPS) is 20.3. The third-order valence-corrected chi connectivity index (χ3v) is 5.03. The van der Waals surface area contributed by atoms with Gasteiger partial charge in [0.2, 0.25) is 0 Å². The second-order valence-corrected chi connectivity index (χ2v) is 6.41. The Morgan fingerprint density at radius 1 is 1.40 bits per heavy atom. The van der Waals surface area contributed by atoms with Gasteiger partial charge in [0, 0.05) is 0 Å². The molecule has 0 atom stereocenters. The molecule has 1 rings (SSSR count). The van der Waals surface area contributed by atoms with Crippen LogP contribution in [0.1, 0.15) is 19.3 Å². The Morgan fingerprint density at radius 3 is 2.40 bits per heavy atom. The van der Waals surface area contributed by atoms with Crippen molar-refractivity contribution in [3.63, 3.8) is 0 Å². The van der Waals surface area contributed by atoms with Gasteiger partial charge in [-0.05, 0) is 33.0 Å². The monoisotopic (exact) mass is 235 g/mol. The highest BCUT2D eigenvalue weighted by molar-refractivity contribution is 7.92. The van der Waals surface area contributed by atoms with Crippen molar-refractivity contribution < 1.29 is 18.3 Å². The standard InChI is InChI=1S/C9H17NO4S/c1-10-5-2-8(3-6-10)15(13,14)7-4-9(11)12/h8H,2-7H2,1H3,(H,11,12).